The maximum atomic E-state index is 13.6. The number of nitro benzene ring substituents is 2. The van der Waals surface area contributed by atoms with Crippen molar-refractivity contribution in [2.24, 2.45) is 0 Å². The van der Waals surface area contributed by atoms with Gasteiger partial charge in [0.1, 0.15) is 11.5 Å². The van der Waals surface area contributed by atoms with Crippen LogP contribution in [0, 0.1) is 34.1 Å². The fraction of sp³-hybridized carbons (Fsp3) is 0.538. The van der Waals surface area contributed by atoms with Crippen molar-refractivity contribution < 1.29 is 32.7 Å². The van der Waals surface area contributed by atoms with Crippen molar-refractivity contribution in [3.63, 3.8) is 0 Å². The number of phosphoric acid groups is 1. The van der Waals surface area contributed by atoms with Gasteiger partial charge in [0.2, 0.25) is 0 Å². The van der Waals surface area contributed by atoms with Crippen LogP contribution >= 0.6 is 7.82 Å². The van der Waals surface area contributed by atoms with Crippen molar-refractivity contribution in [3.8, 4) is 11.5 Å². The monoisotopic (exact) mass is 552 g/mol. The minimum atomic E-state index is -4.27. The molecule has 2 aromatic rings. The van der Waals surface area contributed by atoms with Crippen molar-refractivity contribution in [1.82, 2.24) is 0 Å². The van der Waals surface area contributed by atoms with Gasteiger partial charge in [-0.3, -0.25) is 24.8 Å². The van der Waals surface area contributed by atoms with Crippen molar-refractivity contribution in [2.45, 2.75) is 72.1 Å². The first-order valence-corrected chi connectivity index (χ1v) is 14.3. The standard InChI is InChI=1S/C26H37N2O9P/c1-4-5-6-7-8-9-10-16-34-17-11-18-35-38(33,36-25-14-12-23(27(29)30)19-21(25)2)37-26-15-13-24(28(31)32)20-22(26)3/h12-15,19-20H,4-11,16-18H2,1-3H3. The highest BCUT2D eigenvalue weighted by Gasteiger charge is 2.32. The second-order valence-corrected chi connectivity index (χ2v) is 10.5. The molecule has 210 valence electrons. The van der Waals surface area contributed by atoms with Crippen LogP contribution in [0.2, 0.25) is 0 Å². The number of rotatable bonds is 19. The Morgan fingerprint density at radius 1 is 0.711 bits per heavy atom. The molecular weight excluding hydrogens is 515 g/mol. The molecule has 11 nitrogen and oxygen atoms in total. The van der Waals surface area contributed by atoms with Gasteiger partial charge in [0.05, 0.1) is 16.5 Å². The zero-order chi connectivity index (χ0) is 28.0. The first kappa shape index (κ1) is 31.2. The molecule has 0 aromatic heterocycles. The highest BCUT2D eigenvalue weighted by atomic mass is 31.2. The molecule has 0 atom stereocenters. The van der Waals surface area contributed by atoms with Crippen molar-refractivity contribution in [2.75, 3.05) is 19.8 Å². The maximum absolute atomic E-state index is 13.6. The average molecular weight is 553 g/mol. The molecule has 0 aliphatic carbocycles. The molecule has 0 amide bonds. The van der Waals surface area contributed by atoms with Gasteiger partial charge in [0.15, 0.2) is 0 Å². The van der Waals surface area contributed by atoms with Crippen LogP contribution in [0.25, 0.3) is 0 Å². The number of benzene rings is 2. The van der Waals surface area contributed by atoms with Crippen LogP contribution in [-0.4, -0.2) is 29.7 Å². The Kier molecular flexibility index (Phi) is 13.2. The maximum Gasteiger partial charge on any atom is 0.587 e. The summed E-state index contributed by atoms with van der Waals surface area (Å²) < 4.78 is 36.0. The number of ether oxygens (including phenoxy) is 1. The van der Waals surface area contributed by atoms with E-state index in [-0.39, 0.29) is 29.5 Å². The molecule has 0 bridgehead atoms. The van der Waals surface area contributed by atoms with Gasteiger partial charge < -0.3 is 13.8 Å². The van der Waals surface area contributed by atoms with Gasteiger partial charge in [-0.2, -0.15) is 0 Å². The van der Waals surface area contributed by atoms with E-state index in [4.69, 9.17) is 18.3 Å². The summed E-state index contributed by atoms with van der Waals surface area (Å²) in [7, 11) is -4.27. The van der Waals surface area contributed by atoms with Crippen LogP contribution in [0.1, 0.15) is 69.4 Å². The number of nitro groups is 2. The number of hydrogen-bond donors (Lipinski definition) is 0. The highest BCUT2D eigenvalue weighted by Crippen LogP contribution is 2.51. The van der Waals surface area contributed by atoms with Gasteiger partial charge in [0, 0.05) is 37.5 Å². The molecule has 0 aliphatic heterocycles. The molecule has 38 heavy (non-hydrogen) atoms. The average Bonchev–Trinajstić information content (AvgIpc) is 2.87. The zero-order valence-corrected chi connectivity index (χ0v) is 23.2. The topological polar surface area (TPSA) is 140 Å². The Balaban J connectivity index is 1.97. The van der Waals surface area contributed by atoms with E-state index in [0.717, 1.165) is 12.8 Å². The number of nitrogens with zero attached hydrogens (tertiary/aromatic N) is 2. The molecule has 2 aromatic carbocycles. The molecule has 2 rings (SSSR count). The number of aryl methyl sites for hydroxylation is 2. The minimum Gasteiger partial charge on any atom is -0.395 e. The summed E-state index contributed by atoms with van der Waals surface area (Å²) in [6.07, 6.45) is 8.78. The smallest absolute Gasteiger partial charge is 0.395 e. The van der Waals surface area contributed by atoms with Crippen LogP contribution in [0.4, 0.5) is 11.4 Å². The van der Waals surface area contributed by atoms with Gasteiger partial charge in [0.25, 0.3) is 11.4 Å². The summed E-state index contributed by atoms with van der Waals surface area (Å²) in [5.74, 6) is 0.183. The Morgan fingerprint density at radius 2 is 1.18 bits per heavy atom. The first-order valence-electron chi connectivity index (χ1n) is 12.9. The van der Waals surface area contributed by atoms with E-state index in [1.54, 1.807) is 13.8 Å². The predicted molar refractivity (Wildman–Crippen MR) is 144 cm³/mol. The van der Waals surface area contributed by atoms with Crippen LogP contribution in [-0.2, 0) is 13.8 Å². The molecule has 0 saturated carbocycles. The second kappa shape index (κ2) is 16.1. The van der Waals surface area contributed by atoms with E-state index >= 15 is 0 Å². The number of phosphoric ester groups is 1. The van der Waals surface area contributed by atoms with E-state index in [2.05, 4.69) is 6.92 Å². The Labute approximate surface area is 223 Å². The molecule has 0 saturated heterocycles. The van der Waals surface area contributed by atoms with Crippen LogP contribution in [0.15, 0.2) is 36.4 Å². The number of hydrogen-bond acceptors (Lipinski definition) is 9. The molecule has 0 spiro atoms. The zero-order valence-electron chi connectivity index (χ0n) is 22.3. The van der Waals surface area contributed by atoms with Gasteiger partial charge in [-0.15, -0.1) is 0 Å². The van der Waals surface area contributed by atoms with Crippen LogP contribution in [0.3, 0.4) is 0 Å². The second-order valence-electron chi connectivity index (χ2n) is 8.96. The normalized spacial score (nSPS) is 11.3. The molecule has 0 fully saturated rings. The molecule has 0 aliphatic rings. The molecule has 0 heterocycles. The molecule has 0 N–H and O–H groups in total. The van der Waals surface area contributed by atoms with Gasteiger partial charge in [-0.25, -0.2) is 4.57 Å². The lowest BCUT2D eigenvalue weighted by Crippen LogP contribution is -2.09. The van der Waals surface area contributed by atoms with Gasteiger partial charge >= 0.3 is 7.82 Å². The predicted octanol–water partition coefficient (Wildman–Crippen LogP) is 7.86. The third kappa shape index (κ3) is 10.8. The quantitative estimate of drug-likeness (QED) is 0.0737. The summed E-state index contributed by atoms with van der Waals surface area (Å²) in [6, 6.07) is 7.66. The van der Waals surface area contributed by atoms with Gasteiger partial charge in [-0.1, -0.05) is 45.4 Å². The Hall–Kier alpha value is -3.01. The van der Waals surface area contributed by atoms with E-state index in [1.807, 2.05) is 0 Å². The molecular formula is C26H37N2O9P. The minimum absolute atomic E-state index is 0.00630. The van der Waals surface area contributed by atoms with E-state index < -0.39 is 17.7 Å². The SMILES string of the molecule is CCCCCCCCCOCCCOP(=O)(Oc1ccc([N+](=O)[O-])cc1C)Oc1ccc([N+](=O)[O-])cc1C. The molecule has 12 heteroatoms. The van der Waals surface area contributed by atoms with E-state index in [0.29, 0.717) is 30.8 Å². The first-order chi connectivity index (χ1) is 18.1. The largest absolute Gasteiger partial charge is 0.587 e. The highest BCUT2D eigenvalue weighted by molar-refractivity contribution is 7.49. The van der Waals surface area contributed by atoms with Crippen molar-refractivity contribution >= 4 is 19.2 Å². The van der Waals surface area contributed by atoms with E-state index in [1.165, 1.54) is 68.5 Å². The summed E-state index contributed by atoms with van der Waals surface area (Å²) in [4.78, 5) is 21.0. The summed E-state index contributed by atoms with van der Waals surface area (Å²) >= 11 is 0. The fourth-order valence-corrected chi connectivity index (χ4v) is 5.00. The summed E-state index contributed by atoms with van der Waals surface area (Å²) in [5.41, 5.74) is 0.446. The Morgan fingerprint density at radius 3 is 1.66 bits per heavy atom. The molecule has 0 radical (unpaired) electrons. The Bertz CT molecular complexity index is 1040. The van der Waals surface area contributed by atoms with Crippen molar-refractivity contribution in [3.05, 3.63) is 67.8 Å². The summed E-state index contributed by atoms with van der Waals surface area (Å²) in [5, 5.41) is 22.1. The van der Waals surface area contributed by atoms with E-state index in [9.17, 15) is 24.8 Å². The van der Waals surface area contributed by atoms with Gasteiger partial charge in [-0.05, 0) is 49.9 Å². The lowest BCUT2D eigenvalue weighted by Gasteiger charge is -2.21. The lowest BCUT2D eigenvalue weighted by atomic mass is 10.1. The number of non-ortho nitro benzene ring substituents is 2. The van der Waals surface area contributed by atoms with Crippen LogP contribution in [0.5, 0.6) is 11.5 Å². The molecule has 0 unspecified atom stereocenters. The summed E-state index contributed by atoms with van der Waals surface area (Å²) in [6.45, 7) is 6.39. The van der Waals surface area contributed by atoms with Crippen molar-refractivity contribution in [1.29, 1.82) is 0 Å². The third-order valence-electron chi connectivity index (χ3n) is 5.73. The fourth-order valence-electron chi connectivity index (χ4n) is 3.61. The van der Waals surface area contributed by atoms with Crippen LogP contribution < -0.4 is 9.05 Å². The third-order valence-corrected chi connectivity index (χ3v) is 7.07. The lowest BCUT2D eigenvalue weighted by molar-refractivity contribution is -0.385. The number of unbranched alkanes of at least 4 members (excludes halogenated alkanes) is 6.